The summed E-state index contributed by atoms with van der Waals surface area (Å²) in [5.41, 5.74) is 3.41. The number of aryl methyl sites for hydroxylation is 1. The highest BCUT2D eigenvalue weighted by atomic mass is 19.2. The van der Waals surface area contributed by atoms with E-state index < -0.39 is 11.6 Å². The number of benzene rings is 2. The summed E-state index contributed by atoms with van der Waals surface area (Å²) in [4.78, 5) is 20.5. The number of anilines is 3. The maximum absolute atomic E-state index is 14.7. The normalized spacial score (nSPS) is 11.0. The van der Waals surface area contributed by atoms with Gasteiger partial charge in [-0.25, -0.2) is 18.7 Å². The molecule has 0 spiro atoms. The first-order valence-electron chi connectivity index (χ1n) is 9.83. The third-order valence-corrected chi connectivity index (χ3v) is 5.18. The number of hydrogen-bond donors (Lipinski definition) is 2. The molecule has 0 amide bonds. The Morgan fingerprint density at radius 3 is 2.65 bits per heavy atom. The number of aromatic nitrogens is 3. The van der Waals surface area contributed by atoms with Gasteiger partial charge in [-0.1, -0.05) is 6.92 Å². The van der Waals surface area contributed by atoms with Crippen molar-refractivity contribution in [1.82, 2.24) is 14.4 Å². The zero-order chi connectivity index (χ0) is 22.1. The van der Waals surface area contributed by atoms with Gasteiger partial charge in [0.05, 0.1) is 17.6 Å². The Labute approximate surface area is 178 Å². The van der Waals surface area contributed by atoms with Gasteiger partial charge in [0.1, 0.15) is 0 Å². The fourth-order valence-electron chi connectivity index (χ4n) is 3.59. The number of hydrogen-bond acceptors (Lipinski definition) is 5. The molecule has 0 radical (unpaired) electrons. The minimum absolute atomic E-state index is 0.0140. The zero-order valence-electron chi connectivity index (χ0n) is 17.3. The molecule has 2 N–H and O–H groups in total. The molecule has 4 rings (SSSR count). The van der Waals surface area contributed by atoms with Crippen LogP contribution in [0, 0.1) is 11.6 Å². The number of rotatable bonds is 6. The maximum atomic E-state index is 14.7. The van der Waals surface area contributed by atoms with E-state index in [4.69, 9.17) is 0 Å². The van der Waals surface area contributed by atoms with Crippen molar-refractivity contribution >= 4 is 28.6 Å². The van der Waals surface area contributed by atoms with Crippen LogP contribution in [-0.4, -0.2) is 27.2 Å². The molecule has 2 aromatic carbocycles. The Morgan fingerprint density at radius 1 is 1.13 bits per heavy atom. The summed E-state index contributed by atoms with van der Waals surface area (Å²) in [6, 6.07) is 8.47. The number of nitrogens with zero attached hydrogens (tertiary/aromatic N) is 3. The summed E-state index contributed by atoms with van der Waals surface area (Å²) in [6.45, 7) is 3.53. The van der Waals surface area contributed by atoms with Crippen LogP contribution in [-0.2, 0) is 6.42 Å². The van der Waals surface area contributed by atoms with E-state index in [1.165, 1.54) is 25.4 Å². The topological polar surface area (TPSA) is 71.3 Å². The van der Waals surface area contributed by atoms with Gasteiger partial charge in [-0.2, -0.15) is 0 Å². The first-order chi connectivity index (χ1) is 14.9. The summed E-state index contributed by atoms with van der Waals surface area (Å²) in [6.07, 6.45) is 5.39. The minimum Gasteiger partial charge on any atom is -0.386 e. The average Bonchev–Trinajstić information content (AvgIpc) is 3.20. The Kier molecular flexibility index (Phi) is 5.37. The van der Waals surface area contributed by atoms with Crippen LogP contribution in [0.4, 0.5) is 26.0 Å². The molecule has 0 aliphatic rings. The van der Waals surface area contributed by atoms with Crippen molar-refractivity contribution in [1.29, 1.82) is 0 Å². The second-order valence-electron chi connectivity index (χ2n) is 7.06. The van der Waals surface area contributed by atoms with Gasteiger partial charge in [0.2, 0.25) is 0 Å². The van der Waals surface area contributed by atoms with E-state index in [2.05, 4.69) is 20.6 Å². The molecule has 158 valence electrons. The van der Waals surface area contributed by atoms with Crippen LogP contribution in [0.25, 0.3) is 16.9 Å². The van der Waals surface area contributed by atoms with Crippen molar-refractivity contribution < 1.29 is 13.6 Å². The molecular formula is C23H21F2N5O. The van der Waals surface area contributed by atoms with E-state index in [0.717, 1.165) is 11.3 Å². The van der Waals surface area contributed by atoms with Crippen LogP contribution < -0.4 is 10.6 Å². The van der Waals surface area contributed by atoms with Crippen molar-refractivity contribution in [2.24, 2.45) is 0 Å². The van der Waals surface area contributed by atoms with Gasteiger partial charge < -0.3 is 10.6 Å². The second kappa shape index (κ2) is 8.14. The molecule has 2 heterocycles. The number of ketones is 1. The van der Waals surface area contributed by atoms with E-state index in [-0.39, 0.29) is 17.0 Å². The summed E-state index contributed by atoms with van der Waals surface area (Å²) in [5, 5.41) is 5.84. The molecular weight excluding hydrogens is 400 g/mol. The molecule has 0 unspecified atom stereocenters. The molecule has 0 aliphatic heterocycles. The highest BCUT2D eigenvalue weighted by molar-refractivity contribution is 5.96. The molecule has 0 saturated heterocycles. The van der Waals surface area contributed by atoms with E-state index in [9.17, 15) is 13.6 Å². The second-order valence-corrected chi connectivity index (χ2v) is 7.06. The lowest BCUT2D eigenvalue weighted by Gasteiger charge is -2.11. The number of halogens is 2. The Hall–Kier alpha value is -3.81. The summed E-state index contributed by atoms with van der Waals surface area (Å²) < 4.78 is 30.6. The Balaban J connectivity index is 1.76. The van der Waals surface area contributed by atoms with Gasteiger partial charge in [-0.3, -0.25) is 9.20 Å². The molecule has 8 heteroatoms. The predicted octanol–water partition coefficient (Wildman–Crippen LogP) is 5.22. The third kappa shape index (κ3) is 3.61. The lowest BCUT2D eigenvalue weighted by atomic mass is 10.0. The molecule has 4 aromatic rings. The molecule has 31 heavy (non-hydrogen) atoms. The summed E-state index contributed by atoms with van der Waals surface area (Å²) in [5.74, 6) is -1.42. The average molecular weight is 421 g/mol. The Bertz CT molecular complexity index is 1300. The van der Waals surface area contributed by atoms with Crippen LogP contribution in [0.5, 0.6) is 0 Å². The number of fused-ring (bicyclic) bond motifs is 1. The van der Waals surface area contributed by atoms with E-state index >= 15 is 0 Å². The van der Waals surface area contributed by atoms with Crippen LogP contribution >= 0.6 is 0 Å². The number of carbonyl (C=O) groups excluding carboxylic acids is 1. The molecule has 0 fully saturated rings. The Morgan fingerprint density at radius 2 is 1.94 bits per heavy atom. The molecule has 6 nitrogen and oxygen atoms in total. The highest BCUT2D eigenvalue weighted by Gasteiger charge is 2.18. The minimum atomic E-state index is -0.951. The smallest absolute Gasteiger partial charge is 0.182 e. The summed E-state index contributed by atoms with van der Waals surface area (Å²) in [7, 11) is 1.53. The number of nitrogens with one attached hydrogen (secondary N) is 2. The van der Waals surface area contributed by atoms with Crippen molar-refractivity contribution in [3.63, 3.8) is 0 Å². The van der Waals surface area contributed by atoms with E-state index in [1.807, 2.05) is 13.0 Å². The van der Waals surface area contributed by atoms with Gasteiger partial charge in [0.15, 0.2) is 28.9 Å². The molecule has 0 bridgehead atoms. The fraction of sp³-hybridized carbons (Fsp3) is 0.174. The number of imidazole rings is 1. The third-order valence-electron chi connectivity index (χ3n) is 5.18. The first kappa shape index (κ1) is 20.5. The quantitative estimate of drug-likeness (QED) is 0.418. The van der Waals surface area contributed by atoms with Crippen molar-refractivity contribution in [3.8, 4) is 11.3 Å². The van der Waals surface area contributed by atoms with Gasteiger partial charge in [0.25, 0.3) is 0 Å². The standard InChI is InChI=1S/C23H21F2N5O/c1-4-14-11-15(5-6-16(14)13(2)31)29-22-23-28-12-19(30(23)10-9-27-22)17-7-8-18(26-3)21(25)20(17)24/h5-12,26H,4H2,1-3H3,(H,27,29). The molecule has 0 saturated carbocycles. The van der Waals surface area contributed by atoms with Crippen LogP contribution in [0.15, 0.2) is 48.9 Å². The maximum Gasteiger partial charge on any atom is 0.182 e. The highest BCUT2D eigenvalue weighted by Crippen LogP contribution is 2.31. The van der Waals surface area contributed by atoms with Gasteiger partial charge in [0, 0.05) is 36.3 Å². The lowest BCUT2D eigenvalue weighted by molar-refractivity contribution is 0.101. The lowest BCUT2D eigenvalue weighted by Crippen LogP contribution is -2.03. The van der Waals surface area contributed by atoms with E-state index in [1.54, 1.807) is 35.9 Å². The van der Waals surface area contributed by atoms with E-state index in [0.29, 0.717) is 29.1 Å². The van der Waals surface area contributed by atoms with Gasteiger partial charge >= 0.3 is 0 Å². The van der Waals surface area contributed by atoms with Crippen LogP contribution in [0.2, 0.25) is 0 Å². The van der Waals surface area contributed by atoms with Gasteiger partial charge in [-0.05, 0) is 49.2 Å². The largest absolute Gasteiger partial charge is 0.386 e. The number of carbonyl (C=O) groups is 1. The predicted molar refractivity (Wildman–Crippen MR) is 117 cm³/mol. The van der Waals surface area contributed by atoms with Crippen molar-refractivity contribution in [2.45, 2.75) is 20.3 Å². The van der Waals surface area contributed by atoms with Crippen molar-refractivity contribution in [2.75, 3.05) is 17.7 Å². The van der Waals surface area contributed by atoms with Crippen LogP contribution in [0.3, 0.4) is 0 Å². The molecule has 0 aliphatic carbocycles. The molecule has 2 aromatic heterocycles. The fourth-order valence-corrected chi connectivity index (χ4v) is 3.59. The zero-order valence-corrected chi connectivity index (χ0v) is 17.3. The molecule has 0 atom stereocenters. The van der Waals surface area contributed by atoms with Crippen molar-refractivity contribution in [3.05, 3.63) is 71.7 Å². The monoisotopic (exact) mass is 421 g/mol. The summed E-state index contributed by atoms with van der Waals surface area (Å²) >= 11 is 0. The van der Waals surface area contributed by atoms with Crippen LogP contribution in [0.1, 0.15) is 29.8 Å². The van der Waals surface area contributed by atoms with Gasteiger partial charge in [-0.15, -0.1) is 0 Å². The first-order valence-corrected chi connectivity index (χ1v) is 9.83. The SMILES string of the molecule is CCc1cc(Nc2nccn3c(-c4ccc(NC)c(F)c4F)cnc23)ccc1C(C)=O. The number of Topliss-reactive ketones (excluding diaryl/α,β-unsaturated/α-hetero) is 1.